The van der Waals surface area contributed by atoms with Gasteiger partial charge in [0.1, 0.15) is 0 Å². The highest BCUT2D eigenvalue weighted by Crippen LogP contribution is 2.14. The predicted molar refractivity (Wildman–Crippen MR) is 74.5 cm³/mol. The Kier molecular flexibility index (Phi) is 5.94. The summed E-state index contributed by atoms with van der Waals surface area (Å²) in [6.07, 6.45) is -0.771. The highest BCUT2D eigenvalue weighted by atomic mass is 16.6. The van der Waals surface area contributed by atoms with Crippen LogP contribution >= 0.6 is 0 Å². The maximum absolute atomic E-state index is 12.4. The van der Waals surface area contributed by atoms with Crippen LogP contribution in [0.1, 0.15) is 20.3 Å². The Hall–Kier alpha value is -1.63. The molecule has 1 N–H and O–H groups in total. The molecule has 1 rings (SSSR count). The summed E-state index contributed by atoms with van der Waals surface area (Å²) in [5.41, 5.74) is -0.0968. The van der Waals surface area contributed by atoms with Gasteiger partial charge >= 0.3 is 5.97 Å². The number of nitrogens with zero attached hydrogens (tertiary/aromatic N) is 3. The van der Waals surface area contributed by atoms with E-state index >= 15 is 0 Å². The Morgan fingerprint density at radius 1 is 1.40 bits per heavy atom. The van der Waals surface area contributed by atoms with Gasteiger partial charge in [0.15, 0.2) is 5.71 Å². The van der Waals surface area contributed by atoms with Gasteiger partial charge in [-0.25, -0.2) is 4.79 Å². The van der Waals surface area contributed by atoms with Crippen LogP contribution in [-0.2, 0) is 14.4 Å². The molecule has 1 amide bonds. The van der Waals surface area contributed by atoms with Gasteiger partial charge in [0.2, 0.25) is 6.10 Å². The molecule has 1 atom stereocenters. The molecule has 0 fully saturated rings. The smallest absolute Gasteiger partial charge is 0.353 e. The van der Waals surface area contributed by atoms with Gasteiger partial charge < -0.3 is 19.7 Å². The first-order valence-corrected chi connectivity index (χ1v) is 6.70. The molecule has 0 radical (unpaired) electrons. The number of amides is 1. The Balaban J connectivity index is 2.62. The van der Waals surface area contributed by atoms with Crippen molar-refractivity contribution >= 4 is 17.6 Å². The standard InChI is InChI=1S/C13H23N3O4/c1-9(2)8-16(6-5-15(3)4)12(17)11-7-10(13(18)19)14-20-11/h9,11H,5-8H2,1-4H3,(H,18,19). The molecule has 0 aromatic rings. The lowest BCUT2D eigenvalue weighted by molar-refractivity contribution is -0.142. The van der Waals surface area contributed by atoms with Crippen molar-refractivity contribution in [1.29, 1.82) is 0 Å². The fraction of sp³-hybridized carbons (Fsp3) is 0.769. The molecule has 7 heteroatoms. The van der Waals surface area contributed by atoms with E-state index in [4.69, 9.17) is 9.94 Å². The quantitative estimate of drug-likeness (QED) is 0.725. The van der Waals surface area contributed by atoms with E-state index in [0.717, 1.165) is 6.54 Å². The largest absolute Gasteiger partial charge is 0.477 e. The molecule has 0 aromatic heterocycles. The first-order valence-electron chi connectivity index (χ1n) is 6.70. The van der Waals surface area contributed by atoms with Gasteiger partial charge in [-0.3, -0.25) is 4.79 Å². The number of carbonyl (C=O) groups is 2. The molecule has 1 unspecified atom stereocenters. The van der Waals surface area contributed by atoms with Crippen LogP contribution in [0.2, 0.25) is 0 Å². The highest BCUT2D eigenvalue weighted by Gasteiger charge is 2.34. The number of hydrogen-bond donors (Lipinski definition) is 1. The fourth-order valence-corrected chi connectivity index (χ4v) is 1.89. The second-order valence-corrected chi connectivity index (χ2v) is 5.62. The molecule has 1 heterocycles. The lowest BCUT2D eigenvalue weighted by atomic mass is 10.1. The third-order valence-electron chi connectivity index (χ3n) is 2.91. The summed E-state index contributed by atoms with van der Waals surface area (Å²) in [4.78, 5) is 31.8. The molecule has 1 aliphatic rings. The molecule has 0 spiro atoms. The van der Waals surface area contributed by atoms with Gasteiger partial charge in [0, 0.05) is 26.1 Å². The minimum Gasteiger partial charge on any atom is -0.477 e. The van der Waals surface area contributed by atoms with Crippen molar-refractivity contribution in [3.63, 3.8) is 0 Å². The normalized spacial score (nSPS) is 18.1. The van der Waals surface area contributed by atoms with Crippen molar-refractivity contribution < 1.29 is 19.5 Å². The van der Waals surface area contributed by atoms with Crippen molar-refractivity contribution in [2.24, 2.45) is 11.1 Å². The summed E-state index contributed by atoms with van der Waals surface area (Å²) in [6, 6.07) is 0. The second-order valence-electron chi connectivity index (χ2n) is 5.62. The highest BCUT2D eigenvalue weighted by molar-refractivity contribution is 6.36. The lowest BCUT2D eigenvalue weighted by Gasteiger charge is -2.27. The van der Waals surface area contributed by atoms with Crippen molar-refractivity contribution in [3.8, 4) is 0 Å². The number of oxime groups is 1. The molecule has 0 bridgehead atoms. The molecule has 0 aromatic carbocycles. The Morgan fingerprint density at radius 3 is 2.50 bits per heavy atom. The van der Waals surface area contributed by atoms with Gasteiger partial charge in [-0.1, -0.05) is 19.0 Å². The van der Waals surface area contributed by atoms with Crippen LogP contribution in [0.25, 0.3) is 0 Å². The summed E-state index contributed by atoms with van der Waals surface area (Å²) in [5, 5.41) is 12.3. The summed E-state index contributed by atoms with van der Waals surface area (Å²) in [6.45, 7) is 6.02. The number of likely N-dealkylation sites (N-methyl/N-ethyl adjacent to an activating group) is 1. The van der Waals surface area contributed by atoms with E-state index < -0.39 is 12.1 Å². The predicted octanol–water partition coefficient (Wildman–Crippen LogP) is 0.262. The monoisotopic (exact) mass is 285 g/mol. The van der Waals surface area contributed by atoms with Crippen LogP contribution in [-0.4, -0.2) is 72.3 Å². The molecule has 1 aliphatic heterocycles. The first-order chi connectivity index (χ1) is 9.31. The zero-order valence-electron chi connectivity index (χ0n) is 12.5. The number of carbonyl (C=O) groups excluding carboxylic acids is 1. The van der Waals surface area contributed by atoms with E-state index in [1.165, 1.54) is 0 Å². The van der Waals surface area contributed by atoms with E-state index in [-0.39, 0.29) is 18.0 Å². The first kappa shape index (κ1) is 16.4. The maximum Gasteiger partial charge on any atom is 0.353 e. The van der Waals surface area contributed by atoms with Crippen molar-refractivity contribution in [2.45, 2.75) is 26.4 Å². The second kappa shape index (κ2) is 7.23. The van der Waals surface area contributed by atoms with Gasteiger partial charge in [0.05, 0.1) is 0 Å². The molecule has 0 saturated carbocycles. The molecule has 0 aliphatic carbocycles. The molecule has 0 saturated heterocycles. The van der Waals surface area contributed by atoms with Crippen LogP contribution < -0.4 is 0 Å². The van der Waals surface area contributed by atoms with Gasteiger partial charge in [0.25, 0.3) is 5.91 Å². The van der Waals surface area contributed by atoms with E-state index in [9.17, 15) is 9.59 Å². The van der Waals surface area contributed by atoms with E-state index in [1.807, 2.05) is 32.8 Å². The van der Waals surface area contributed by atoms with E-state index in [0.29, 0.717) is 19.0 Å². The van der Waals surface area contributed by atoms with E-state index in [1.54, 1.807) is 4.90 Å². The van der Waals surface area contributed by atoms with Crippen LogP contribution in [0.15, 0.2) is 5.16 Å². The third-order valence-corrected chi connectivity index (χ3v) is 2.91. The maximum atomic E-state index is 12.4. The number of carboxylic acids is 1. The molecular weight excluding hydrogens is 262 g/mol. The van der Waals surface area contributed by atoms with Crippen molar-refractivity contribution in [1.82, 2.24) is 9.80 Å². The third kappa shape index (κ3) is 4.80. The van der Waals surface area contributed by atoms with Crippen LogP contribution in [0.4, 0.5) is 0 Å². The summed E-state index contributed by atoms with van der Waals surface area (Å²) in [7, 11) is 3.88. The zero-order chi connectivity index (χ0) is 15.3. The topological polar surface area (TPSA) is 82.4 Å². The van der Waals surface area contributed by atoms with Crippen molar-refractivity contribution in [2.75, 3.05) is 33.7 Å². The van der Waals surface area contributed by atoms with E-state index in [2.05, 4.69) is 5.16 Å². The van der Waals surface area contributed by atoms with Gasteiger partial charge in [-0.2, -0.15) is 0 Å². The van der Waals surface area contributed by atoms with Crippen LogP contribution in [0, 0.1) is 5.92 Å². The summed E-state index contributed by atoms with van der Waals surface area (Å²) in [5.74, 6) is -0.994. The average Bonchev–Trinajstić information content (AvgIpc) is 2.82. The van der Waals surface area contributed by atoms with Gasteiger partial charge in [-0.15, -0.1) is 0 Å². The number of hydrogen-bond acceptors (Lipinski definition) is 5. The molecule has 114 valence electrons. The average molecular weight is 285 g/mol. The summed E-state index contributed by atoms with van der Waals surface area (Å²) < 4.78 is 0. The molecule has 7 nitrogen and oxygen atoms in total. The SMILES string of the molecule is CC(C)CN(CCN(C)C)C(=O)C1CC(C(=O)O)=NO1. The summed E-state index contributed by atoms with van der Waals surface area (Å²) >= 11 is 0. The minimum absolute atomic E-state index is 0.0325. The molecular formula is C13H23N3O4. The minimum atomic E-state index is -1.14. The number of rotatable bonds is 7. The zero-order valence-corrected chi connectivity index (χ0v) is 12.5. The Bertz CT molecular complexity index is 393. The Labute approximate surface area is 119 Å². The lowest BCUT2D eigenvalue weighted by Crippen LogP contribution is -2.44. The van der Waals surface area contributed by atoms with Gasteiger partial charge in [-0.05, 0) is 20.0 Å². The van der Waals surface area contributed by atoms with Crippen LogP contribution in [0.3, 0.4) is 0 Å². The van der Waals surface area contributed by atoms with Crippen LogP contribution in [0.5, 0.6) is 0 Å². The van der Waals surface area contributed by atoms with Crippen molar-refractivity contribution in [3.05, 3.63) is 0 Å². The number of aliphatic carboxylic acids is 1. The fourth-order valence-electron chi connectivity index (χ4n) is 1.89. The Morgan fingerprint density at radius 2 is 2.05 bits per heavy atom. The molecule has 20 heavy (non-hydrogen) atoms. The number of carboxylic acid groups (broad SMARTS) is 1.